The molecule has 3 rings (SSSR count). The third-order valence-electron chi connectivity index (χ3n) is 6.73. The Kier molecular flexibility index (Phi) is 5.60. The molecule has 27 heavy (non-hydrogen) atoms. The quantitative estimate of drug-likeness (QED) is 0.803. The van der Waals surface area contributed by atoms with Crippen LogP contribution in [-0.4, -0.2) is 39.9 Å². The van der Waals surface area contributed by atoms with Gasteiger partial charge in [0.2, 0.25) is 0 Å². The van der Waals surface area contributed by atoms with Gasteiger partial charge in [0.25, 0.3) is 0 Å². The fraction of sp³-hybridized carbons (Fsp3) is 0.818. The maximum Gasteiger partial charge on any atom is 0.410 e. The number of carbonyl (C=O) groups excluding carboxylic acids is 1. The lowest BCUT2D eigenvalue weighted by atomic mass is 9.68. The van der Waals surface area contributed by atoms with Crippen LogP contribution in [0.15, 0.2) is 0 Å². The molecule has 0 radical (unpaired) electrons. The smallest absolute Gasteiger partial charge is 0.410 e. The number of ether oxygens (including phenoxy) is 1. The highest BCUT2D eigenvalue weighted by Crippen LogP contribution is 2.42. The maximum absolute atomic E-state index is 12.3. The lowest BCUT2D eigenvalue weighted by Crippen LogP contribution is -2.41. The molecule has 0 bridgehead atoms. The molecule has 1 amide bonds. The number of piperidine rings is 1. The van der Waals surface area contributed by atoms with Gasteiger partial charge in [-0.1, -0.05) is 27.2 Å². The van der Waals surface area contributed by atoms with Crippen LogP contribution in [-0.2, 0) is 17.6 Å². The van der Waals surface area contributed by atoms with Gasteiger partial charge >= 0.3 is 6.09 Å². The summed E-state index contributed by atoms with van der Waals surface area (Å²) in [5.41, 5.74) is 4.04. The molecule has 1 aromatic rings. The summed E-state index contributed by atoms with van der Waals surface area (Å²) in [4.78, 5) is 14.2. The van der Waals surface area contributed by atoms with E-state index in [1.807, 2.05) is 25.7 Å². The van der Waals surface area contributed by atoms with E-state index in [1.54, 1.807) is 0 Å². The molecule has 1 aliphatic carbocycles. The molecule has 1 aliphatic heterocycles. The molecule has 1 N–H and O–H groups in total. The molecule has 5 heteroatoms. The molecule has 152 valence electrons. The Morgan fingerprint density at radius 3 is 2.44 bits per heavy atom. The largest absolute Gasteiger partial charge is 0.444 e. The van der Waals surface area contributed by atoms with Crippen molar-refractivity contribution in [1.29, 1.82) is 0 Å². The number of aryl methyl sites for hydroxylation is 1. The van der Waals surface area contributed by atoms with Crippen LogP contribution in [0.3, 0.4) is 0 Å². The summed E-state index contributed by atoms with van der Waals surface area (Å²) in [6, 6.07) is 0. The number of aromatic amines is 1. The number of rotatable bonds is 3. The number of H-pyrrole nitrogens is 1. The van der Waals surface area contributed by atoms with Crippen molar-refractivity contribution < 1.29 is 9.53 Å². The topological polar surface area (TPSA) is 58.2 Å². The van der Waals surface area contributed by atoms with Gasteiger partial charge in [0.1, 0.15) is 5.60 Å². The fourth-order valence-electron chi connectivity index (χ4n) is 4.47. The molecule has 1 fully saturated rings. The first-order valence-corrected chi connectivity index (χ1v) is 10.6. The number of fused-ring (bicyclic) bond motifs is 1. The third-order valence-corrected chi connectivity index (χ3v) is 6.73. The van der Waals surface area contributed by atoms with E-state index in [4.69, 9.17) is 9.84 Å². The van der Waals surface area contributed by atoms with Gasteiger partial charge in [0.05, 0.1) is 5.69 Å². The second-order valence-electron chi connectivity index (χ2n) is 10.1. The summed E-state index contributed by atoms with van der Waals surface area (Å²) < 4.78 is 5.52. The molecule has 2 aliphatic rings. The summed E-state index contributed by atoms with van der Waals surface area (Å²) in [6.45, 7) is 14.4. The first-order chi connectivity index (χ1) is 12.6. The number of nitrogens with zero attached hydrogens (tertiary/aromatic N) is 2. The Morgan fingerprint density at radius 1 is 1.19 bits per heavy atom. The molecule has 1 atom stereocenters. The number of likely N-dealkylation sites (tertiary alicyclic amines) is 1. The Hall–Kier alpha value is -1.52. The Balaban J connectivity index is 1.65. The SMILES string of the molecule is CCC(C)(C)C1CCc2[nH]nc(C3CCN(C(=O)OC(C)(C)C)CC3)c2C1. The minimum Gasteiger partial charge on any atom is -0.444 e. The normalized spacial score (nSPS) is 21.9. The Morgan fingerprint density at radius 2 is 1.85 bits per heavy atom. The van der Waals surface area contributed by atoms with Gasteiger partial charge in [-0.3, -0.25) is 5.10 Å². The molecule has 0 saturated carbocycles. The molecule has 0 aromatic carbocycles. The van der Waals surface area contributed by atoms with E-state index in [1.165, 1.54) is 29.8 Å². The minimum atomic E-state index is -0.434. The highest BCUT2D eigenvalue weighted by atomic mass is 16.6. The van der Waals surface area contributed by atoms with Crippen molar-refractivity contribution in [3.63, 3.8) is 0 Å². The van der Waals surface area contributed by atoms with Crippen molar-refractivity contribution in [2.75, 3.05) is 13.1 Å². The van der Waals surface area contributed by atoms with Crippen LogP contribution in [0, 0.1) is 11.3 Å². The average molecular weight is 376 g/mol. The van der Waals surface area contributed by atoms with Crippen LogP contribution in [0.4, 0.5) is 4.79 Å². The summed E-state index contributed by atoms with van der Waals surface area (Å²) in [6.07, 6.45) is 6.49. The van der Waals surface area contributed by atoms with Crippen molar-refractivity contribution >= 4 is 6.09 Å². The van der Waals surface area contributed by atoms with Gasteiger partial charge in [-0.2, -0.15) is 5.10 Å². The standard InChI is InChI=1S/C22H37N3O2/c1-7-22(5,6)16-8-9-18-17(14-16)19(24-23-18)15-10-12-25(13-11-15)20(26)27-21(2,3)4/h15-16H,7-14H2,1-6H3,(H,23,24). The number of hydrogen-bond acceptors (Lipinski definition) is 3. The van der Waals surface area contributed by atoms with Crippen LogP contribution in [0.1, 0.15) is 90.1 Å². The average Bonchev–Trinajstić information content (AvgIpc) is 3.03. The second kappa shape index (κ2) is 7.48. The zero-order valence-electron chi connectivity index (χ0n) is 18.0. The van der Waals surface area contributed by atoms with Gasteiger partial charge < -0.3 is 9.64 Å². The van der Waals surface area contributed by atoms with Crippen LogP contribution in [0.2, 0.25) is 0 Å². The first kappa shape index (κ1) is 20.2. The summed E-state index contributed by atoms with van der Waals surface area (Å²) >= 11 is 0. The fourth-order valence-corrected chi connectivity index (χ4v) is 4.47. The van der Waals surface area contributed by atoms with Gasteiger partial charge in [-0.15, -0.1) is 0 Å². The van der Waals surface area contributed by atoms with E-state index in [-0.39, 0.29) is 6.09 Å². The van der Waals surface area contributed by atoms with E-state index in [9.17, 15) is 4.79 Å². The van der Waals surface area contributed by atoms with Crippen LogP contribution >= 0.6 is 0 Å². The summed E-state index contributed by atoms with van der Waals surface area (Å²) in [7, 11) is 0. The van der Waals surface area contributed by atoms with Crippen molar-refractivity contribution in [3.8, 4) is 0 Å². The van der Waals surface area contributed by atoms with Gasteiger partial charge in [0.15, 0.2) is 0 Å². The number of amides is 1. The first-order valence-electron chi connectivity index (χ1n) is 10.6. The second-order valence-corrected chi connectivity index (χ2v) is 10.1. The Bertz CT molecular complexity index is 664. The van der Waals surface area contributed by atoms with E-state index in [0.717, 1.165) is 44.7 Å². The molecule has 1 saturated heterocycles. The minimum absolute atomic E-state index is 0.185. The zero-order valence-corrected chi connectivity index (χ0v) is 18.0. The third kappa shape index (κ3) is 4.49. The number of hydrogen-bond donors (Lipinski definition) is 1. The molecular formula is C22H37N3O2. The van der Waals surface area contributed by atoms with Crippen molar-refractivity contribution in [3.05, 3.63) is 17.0 Å². The molecular weight excluding hydrogens is 338 g/mol. The van der Waals surface area contributed by atoms with Gasteiger partial charge in [-0.25, -0.2) is 4.79 Å². The van der Waals surface area contributed by atoms with Crippen molar-refractivity contribution in [1.82, 2.24) is 15.1 Å². The van der Waals surface area contributed by atoms with Gasteiger partial charge in [0, 0.05) is 24.7 Å². The summed E-state index contributed by atoms with van der Waals surface area (Å²) in [5, 5.41) is 8.06. The molecule has 1 aromatic heterocycles. The molecule has 5 nitrogen and oxygen atoms in total. The van der Waals surface area contributed by atoms with Crippen molar-refractivity contribution in [2.24, 2.45) is 11.3 Å². The summed E-state index contributed by atoms with van der Waals surface area (Å²) in [5.74, 6) is 1.18. The molecule has 2 heterocycles. The monoisotopic (exact) mass is 375 g/mol. The van der Waals surface area contributed by atoms with E-state index in [2.05, 4.69) is 25.9 Å². The molecule has 1 unspecified atom stereocenters. The highest BCUT2D eigenvalue weighted by Gasteiger charge is 2.36. The predicted molar refractivity (Wildman–Crippen MR) is 108 cm³/mol. The predicted octanol–water partition coefficient (Wildman–Crippen LogP) is 5.07. The van der Waals surface area contributed by atoms with E-state index >= 15 is 0 Å². The lowest BCUT2D eigenvalue weighted by molar-refractivity contribution is 0.0203. The number of carbonyl (C=O) groups is 1. The number of nitrogens with one attached hydrogen (secondary N) is 1. The maximum atomic E-state index is 12.3. The molecule has 0 spiro atoms. The number of aromatic nitrogens is 2. The zero-order chi connectivity index (χ0) is 19.8. The van der Waals surface area contributed by atoms with Crippen LogP contribution in [0.25, 0.3) is 0 Å². The highest BCUT2D eigenvalue weighted by molar-refractivity contribution is 5.68. The van der Waals surface area contributed by atoms with Crippen LogP contribution < -0.4 is 0 Å². The van der Waals surface area contributed by atoms with Crippen LogP contribution in [0.5, 0.6) is 0 Å². The van der Waals surface area contributed by atoms with E-state index in [0.29, 0.717) is 11.3 Å². The Labute approximate surface area is 164 Å². The lowest BCUT2D eigenvalue weighted by Gasteiger charge is -2.37. The van der Waals surface area contributed by atoms with E-state index < -0.39 is 5.60 Å². The van der Waals surface area contributed by atoms with Crippen molar-refractivity contribution in [2.45, 2.75) is 91.6 Å². The van der Waals surface area contributed by atoms with Gasteiger partial charge in [-0.05, 0) is 69.8 Å².